The fourth-order valence-electron chi connectivity index (χ4n) is 5.00. The number of terminal acetylenes is 1. The van der Waals surface area contributed by atoms with E-state index in [0.717, 1.165) is 0 Å². The summed E-state index contributed by atoms with van der Waals surface area (Å²) in [6.45, 7) is 3.31. The summed E-state index contributed by atoms with van der Waals surface area (Å²) in [6, 6.07) is 1.65. The van der Waals surface area contributed by atoms with Crippen LogP contribution in [-0.4, -0.2) is 149 Å². The normalized spacial score (nSPS) is 22.6. The van der Waals surface area contributed by atoms with E-state index in [4.69, 9.17) is 56.0 Å². The van der Waals surface area contributed by atoms with Gasteiger partial charge in [-0.2, -0.15) is 9.97 Å². The standard InChI is InChI=1S/C27H40ClN5O14P2/c1-2-6-42-8-10-44-12-13-45-11-9-43-7-4-29-25(36)18-14-32(15-18)23-19-3-5-33(24(19)31-27(28)30-23)26-22(35)21(34)20(47-26)16-46-49(40,41)17-48(37,38)39/h1,3,5,18,20-22,26,34-35H,4,6-17H2,(H,29,36)(H,40,41)(H2,37,38,39)/t20-,21-,22-,26-/m1/s1. The molecule has 0 aliphatic carbocycles. The first-order chi connectivity index (χ1) is 23.3. The highest BCUT2D eigenvalue weighted by atomic mass is 35.5. The SMILES string of the molecule is C#CCOCCOCCOCCOCCNC(=O)C1CN(c2nc(Cl)nc3c2ccn3[C@@H]2O[C@H](COP(=O)(O)CP(=O)(O)O)[C@@H](O)[C@H]2O)C1. The van der Waals surface area contributed by atoms with Crippen molar-refractivity contribution in [1.29, 1.82) is 0 Å². The topological polar surface area (TPSA) is 254 Å². The highest BCUT2D eigenvalue weighted by Gasteiger charge is 2.46. The number of aromatic nitrogens is 3. The van der Waals surface area contributed by atoms with Crippen LogP contribution in [0.15, 0.2) is 12.3 Å². The predicted molar refractivity (Wildman–Crippen MR) is 172 cm³/mol. The summed E-state index contributed by atoms with van der Waals surface area (Å²) in [5.41, 5.74) is 0.245. The number of aliphatic hydroxyl groups excluding tert-OH is 2. The van der Waals surface area contributed by atoms with Crippen molar-refractivity contribution in [1.82, 2.24) is 19.9 Å². The van der Waals surface area contributed by atoms with Crippen molar-refractivity contribution in [2.24, 2.45) is 5.92 Å². The third-order valence-corrected chi connectivity index (χ3v) is 11.0. The monoisotopic (exact) mass is 755 g/mol. The molecule has 0 saturated carbocycles. The number of fused-ring (bicyclic) bond motifs is 1. The number of ether oxygens (including phenoxy) is 5. The number of aliphatic hydroxyl groups is 2. The Balaban J connectivity index is 1.20. The van der Waals surface area contributed by atoms with Gasteiger partial charge in [-0.15, -0.1) is 6.42 Å². The summed E-state index contributed by atoms with van der Waals surface area (Å²) < 4.78 is 56.3. The number of rotatable bonds is 21. The largest absolute Gasteiger partial charge is 0.387 e. The molecule has 49 heavy (non-hydrogen) atoms. The summed E-state index contributed by atoms with van der Waals surface area (Å²) in [6.07, 6.45) is 0.942. The van der Waals surface area contributed by atoms with Crippen LogP contribution in [0.5, 0.6) is 0 Å². The third kappa shape index (κ3) is 11.6. The first-order valence-electron chi connectivity index (χ1n) is 15.1. The van der Waals surface area contributed by atoms with Gasteiger partial charge in [0.15, 0.2) is 12.1 Å². The summed E-state index contributed by atoms with van der Waals surface area (Å²) >= 11 is 6.23. The molecular weight excluding hydrogens is 716 g/mol. The van der Waals surface area contributed by atoms with E-state index in [-0.39, 0.29) is 29.4 Å². The van der Waals surface area contributed by atoms with Crippen LogP contribution in [0.1, 0.15) is 6.23 Å². The number of anilines is 1. The Hall–Kier alpha value is -2.24. The molecule has 2 aromatic heterocycles. The van der Waals surface area contributed by atoms with E-state index in [1.165, 1.54) is 10.8 Å². The van der Waals surface area contributed by atoms with Crippen molar-refractivity contribution < 1.29 is 67.0 Å². The molecule has 2 aromatic rings. The van der Waals surface area contributed by atoms with Gasteiger partial charge in [-0.25, -0.2) is 0 Å². The van der Waals surface area contributed by atoms with Crippen molar-refractivity contribution in [3.8, 4) is 12.3 Å². The lowest BCUT2D eigenvalue weighted by molar-refractivity contribution is -0.126. The van der Waals surface area contributed by atoms with Crippen LogP contribution >= 0.6 is 26.8 Å². The molecule has 1 unspecified atom stereocenters. The zero-order chi connectivity index (χ0) is 35.6. The van der Waals surface area contributed by atoms with E-state index in [0.29, 0.717) is 77.1 Å². The molecule has 2 saturated heterocycles. The van der Waals surface area contributed by atoms with Crippen LogP contribution in [-0.2, 0) is 42.1 Å². The summed E-state index contributed by atoms with van der Waals surface area (Å²) in [5.74, 6) is 0.939. The number of hydrogen-bond acceptors (Lipinski definition) is 14. The molecule has 1 amide bonds. The Morgan fingerprint density at radius 1 is 1.02 bits per heavy atom. The molecule has 0 spiro atoms. The van der Waals surface area contributed by atoms with Crippen LogP contribution in [0.3, 0.4) is 0 Å². The molecule has 2 aliphatic rings. The van der Waals surface area contributed by atoms with Gasteiger partial charge in [0.05, 0.1) is 64.2 Å². The Bertz CT molecular complexity index is 1530. The number of halogens is 1. The van der Waals surface area contributed by atoms with Crippen molar-refractivity contribution in [2.45, 2.75) is 24.5 Å². The molecule has 2 aliphatic heterocycles. The fourth-order valence-corrected chi connectivity index (χ4v) is 7.73. The molecule has 2 fully saturated rings. The van der Waals surface area contributed by atoms with E-state index in [9.17, 15) is 29.0 Å². The van der Waals surface area contributed by atoms with Crippen LogP contribution < -0.4 is 10.2 Å². The van der Waals surface area contributed by atoms with Crippen LogP contribution in [0.25, 0.3) is 11.0 Å². The summed E-state index contributed by atoms with van der Waals surface area (Å²) in [5, 5.41) is 24.5. The van der Waals surface area contributed by atoms with Crippen molar-refractivity contribution in [3.05, 3.63) is 17.5 Å². The smallest absolute Gasteiger partial charge is 0.340 e. The van der Waals surface area contributed by atoms with E-state index in [2.05, 4.69) is 21.2 Å². The fraction of sp³-hybridized carbons (Fsp3) is 0.667. The Kier molecular flexibility index (Phi) is 14.8. The van der Waals surface area contributed by atoms with Gasteiger partial charge >= 0.3 is 15.2 Å². The lowest BCUT2D eigenvalue weighted by Crippen LogP contribution is -2.54. The maximum Gasteiger partial charge on any atom is 0.340 e. The number of nitrogens with zero attached hydrogens (tertiary/aromatic N) is 4. The van der Waals surface area contributed by atoms with Gasteiger partial charge in [0, 0.05) is 25.8 Å². The highest BCUT2D eigenvalue weighted by Crippen LogP contribution is 2.55. The van der Waals surface area contributed by atoms with Gasteiger partial charge < -0.3 is 67.9 Å². The molecular formula is C27H40ClN5O14P2. The number of amides is 1. The Morgan fingerprint density at radius 3 is 2.29 bits per heavy atom. The number of carbonyl (C=O) groups is 1. The zero-order valence-electron chi connectivity index (χ0n) is 26.3. The minimum Gasteiger partial charge on any atom is -0.387 e. The molecule has 274 valence electrons. The first-order valence-corrected chi connectivity index (χ1v) is 19.1. The van der Waals surface area contributed by atoms with Gasteiger partial charge in [0.1, 0.15) is 36.4 Å². The highest BCUT2D eigenvalue weighted by molar-refractivity contribution is 7.70. The summed E-state index contributed by atoms with van der Waals surface area (Å²) in [7, 11) is -9.58. The minimum absolute atomic E-state index is 0.124. The maximum absolute atomic E-state index is 12.6. The molecule has 4 heterocycles. The minimum atomic E-state index is -4.86. The van der Waals surface area contributed by atoms with Gasteiger partial charge in [0.2, 0.25) is 11.2 Å². The lowest BCUT2D eigenvalue weighted by atomic mass is 9.99. The average molecular weight is 756 g/mol. The number of carbonyl (C=O) groups excluding carboxylic acids is 1. The predicted octanol–water partition coefficient (Wildman–Crippen LogP) is -0.707. The average Bonchev–Trinajstić information content (AvgIpc) is 3.54. The quantitative estimate of drug-likeness (QED) is 0.0398. The molecule has 0 bridgehead atoms. The van der Waals surface area contributed by atoms with Gasteiger partial charge in [-0.1, -0.05) is 5.92 Å². The third-order valence-electron chi connectivity index (χ3n) is 7.34. The van der Waals surface area contributed by atoms with E-state index < -0.39 is 52.2 Å². The van der Waals surface area contributed by atoms with Crippen molar-refractivity contribution in [3.63, 3.8) is 0 Å². The second-order valence-electron chi connectivity index (χ2n) is 11.0. The maximum atomic E-state index is 12.6. The molecule has 19 nitrogen and oxygen atoms in total. The van der Waals surface area contributed by atoms with E-state index >= 15 is 0 Å². The van der Waals surface area contributed by atoms with Gasteiger partial charge in [0.25, 0.3) is 0 Å². The molecule has 22 heteroatoms. The Morgan fingerprint density at radius 2 is 1.65 bits per heavy atom. The van der Waals surface area contributed by atoms with Gasteiger partial charge in [-0.3, -0.25) is 13.9 Å². The molecule has 0 aromatic carbocycles. The number of nitrogens with one attached hydrogen (secondary N) is 1. The number of hydrogen-bond donors (Lipinski definition) is 6. The second kappa shape index (κ2) is 18.3. The van der Waals surface area contributed by atoms with Crippen LogP contribution in [0, 0.1) is 18.3 Å². The van der Waals surface area contributed by atoms with E-state index in [1.54, 1.807) is 6.07 Å². The molecule has 6 N–H and O–H groups in total. The second-order valence-corrected chi connectivity index (χ2v) is 15.4. The molecule has 4 rings (SSSR count). The zero-order valence-corrected chi connectivity index (χ0v) is 28.8. The van der Waals surface area contributed by atoms with Crippen molar-refractivity contribution in [2.75, 3.05) is 89.9 Å². The summed E-state index contributed by atoms with van der Waals surface area (Å²) in [4.78, 5) is 50.7. The van der Waals surface area contributed by atoms with Crippen molar-refractivity contribution >= 4 is 49.6 Å². The molecule has 0 radical (unpaired) electrons. The molecule has 5 atom stereocenters. The van der Waals surface area contributed by atoms with Crippen LogP contribution in [0.4, 0.5) is 5.82 Å². The lowest BCUT2D eigenvalue weighted by Gasteiger charge is -2.39. The van der Waals surface area contributed by atoms with E-state index in [1.807, 2.05) is 4.90 Å². The first kappa shape index (κ1) is 39.5. The Labute approximate surface area is 286 Å². The van der Waals surface area contributed by atoms with Crippen LogP contribution in [0.2, 0.25) is 5.28 Å². The van der Waals surface area contributed by atoms with Gasteiger partial charge in [-0.05, 0) is 17.7 Å².